The van der Waals surface area contributed by atoms with Crippen molar-refractivity contribution in [3.8, 4) is 0 Å². The molecule has 1 aliphatic carbocycles. The van der Waals surface area contributed by atoms with Crippen LogP contribution in [0.5, 0.6) is 0 Å². The molecule has 3 aliphatic rings. The zero-order chi connectivity index (χ0) is 9.49. The highest BCUT2D eigenvalue weighted by atomic mass is 17.4. The second kappa shape index (κ2) is 3.19. The fraction of sp³-hybridized carbons (Fsp3) is 1.00. The molecule has 0 aromatic heterocycles. The van der Waals surface area contributed by atoms with Crippen LogP contribution in [0.3, 0.4) is 0 Å². The Morgan fingerprint density at radius 3 is 2.14 bits per heavy atom. The third-order valence-electron chi connectivity index (χ3n) is 4.12. The minimum absolute atomic E-state index is 0.155. The van der Waals surface area contributed by atoms with Gasteiger partial charge in [-0.05, 0) is 32.2 Å². The first kappa shape index (κ1) is 9.13. The quantitative estimate of drug-likeness (QED) is 0.477. The molecular formula is C11H19NO2. The molecule has 3 fully saturated rings. The molecule has 0 aromatic rings. The Kier molecular flexibility index (Phi) is 2.08. The minimum Gasteiger partial charge on any atom is -0.306 e. The van der Waals surface area contributed by atoms with E-state index in [0.717, 1.165) is 13.0 Å². The normalized spacial score (nSPS) is 41.1. The van der Waals surface area contributed by atoms with Gasteiger partial charge in [0.25, 0.3) is 5.79 Å². The van der Waals surface area contributed by atoms with E-state index in [2.05, 4.69) is 5.32 Å². The maximum Gasteiger partial charge on any atom is 0.252 e. The average Bonchev–Trinajstić information content (AvgIpc) is 3.01. The van der Waals surface area contributed by atoms with Crippen molar-refractivity contribution in [2.75, 3.05) is 6.54 Å². The molecule has 3 heteroatoms. The molecule has 3 rings (SSSR count). The highest BCUT2D eigenvalue weighted by Crippen LogP contribution is 2.51. The van der Waals surface area contributed by atoms with E-state index in [0.29, 0.717) is 0 Å². The molecule has 2 heterocycles. The van der Waals surface area contributed by atoms with Crippen LogP contribution < -0.4 is 5.32 Å². The number of fused-ring (bicyclic) bond motifs is 1. The number of rotatable bonds is 0. The van der Waals surface area contributed by atoms with Crippen LogP contribution in [0.15, 0.2) is 0 Å². The molecule has 3 nitrogen and oxygen atoms in total. The van der Waals surface area contributed by atoms with Gasteiger partial charge in [-0.25, -0.2) is 0 Å². The molecule has 0 amide bonds. The van der Waals surface area contributed by atoms with Crippen LogP contribution in [-0.4, -0.2) is 17.9 Å². The van der Waals surface area contributed by atoms with Gasteiger partial charge in [0.1, 0.15) is 0 Å². The maximum absolute atomic E-state index is 5.35. The van der Waals surface area contributed by atoms with E-state index < -0.39 is 0 Å². The summed E-state index contributed by atoms with van der Waals surface area (Å²) in [4.78, 5) is 10.7. The third-order valence-corrected chi connectivity index (χ3v) is 4.12. The first-order valence-electron chi connectivity index (χ1n) is 5.99. The van der Waals surface area contributed by atoms with Crippen molar-refractivity contribution >= 4 is 0 Å². The highest BCUT2D eigenvalue weighted by molar-refractivity contribution is 5.06. The third kappa shape index (κ3) is 1.23. The van der Waals surface area contributed by atoms with E-state index >= 15 is 0 Å². The van der Waals surface area contributed by atoms with Gasteiger partial charge in [-0.3, -0.25) is 0 Å². The Morgan fingerprint density at radius 2 is 1.50 bits per heavy atom. The van der Waals surface area contributed by atoms with Crippen molar-refractivity contribution < 1.29 is 9.78 Å². The van der Waals surface area contributed by atoms with E-state index in [1.54, 1.807) is 0 Å². The summed E-state index contributed by atoms with van der Waals surface area (Å²) in [7, 11) is 0. The smallest absolute Gasteiger partial charge is 0.252 e. The lowest BCUT2D eigenvalue weighted by molar-refractivity contribution is 0.0850. The molecule has 2 aliphatic heterocycles. The van der Waals surface area contributed by atoms with Gasteiger partial charge in [0.15, 0.2) is 0 Å². The largest absolute Gasteiger partial charge is 0.306 e. The van der Waals surface area contributed by atoms with Gasteiger partial charge in [0.05, 0.1) is 5.54 Å². The SMILES string of the molecule is C1CCC2(CCCCN2)C2(CC1)OO2. The Labute approximate surface area is 85.1 Å². The zero-order valence-electron chi connectivity index (χ0n) is 8.68. The number of piperidine rings is 1. The fourth-order valence-corrected chi connectivity index (χ4v) is 3.19. The molecule has 2 spiro atoms. The summed E-state index contributed by atoms with van der Waals surface area (Å²) in [6.45, 7) is 1.13. The number of hydrogen-bond donors (Lipinski definition) is 1. The summed E-state index contributed by atoms with van der Waals surface area (Å²) >= 11 is 0. The topological polar surface area (TPSA) is 37.1 Å². The first-order chi connectivity index (χ1) is 6.87. The lowest BCUT2D eigenvalue weighted by Gasteiger charge is -2.39. The number of hydrogen-bond acceptors (Lipinski definition) is 3. The number of nitrogens with one attached hydrogen (secondary N) is 1. The van der Waals surface area contributed by atoms with Crippen molar-refractivity contribution in [1.29, 1.82) is 0 Å². The van der Waals surface area contributed by atoms with Crippen molar-refractivity contribution in [2.24, 2.45) is 0 Å². The fourth-order valence-electron chi connectivity index (χ4n) is 3.19. The predicted octanol–water partition coefficient (Wildman–Crippen LogP) is 2.12. The van der Waals surface area contributed by atoms with Crippen LogP contribution >= 0.6 is 0 Å². The van der Waals surface area contributed by atoms with Crippen LogP contribution in [0.4, 0.5) is 0 Å². The van der Waals surface area contributed by atoms with Crippen LogP contribution in [-0.2, 0) is 9.78 Å². The monoisotopic (exact) mass is 197 g/mol. The Morgan fingerprint density at radius 1 is 0.786 bits per heavy atom. The molecule has 2 saturated heterocycles. The van der Waals surface area contributed by atoms with Crippen molar-refractivity contribution in [2.45, 2.75) is 62.7 Å². The average molecular weight is 197 g/mol. The summed E-state index contributed by atoms with van der Waals surface area (Å²) in [5, 5.41) is 3.68. The Balaban J connectivity index is 1.85. The standard InChI is InChI=1S/C11H19NO2/c1-2-6-10(7-4-5-9-12-10)11(8-3-1)13-14-11/h12H,1-9H2. The van der Waals surface area contributed by atoms with Gasteiger partial charge >= 0.3 is 0 Å². The van der Waals surface area contributed by atoms with Crippen molar-refractivity contribution in [3.63, 3.8) is 0 Å². The Hall–Kier alpha value is -0.120. The van der Waals surface area contributed by atoms with E-state index in [-0.39, 0.29) is 11.3 Å². The van der Waals surface area contributed by atoms with Gasteiger partial charge in [0.2, 0.25) is 0 Å². The Bertz CT molecular complexity index is 219. The molecular weight excluding hydrogens is 178 g/mol. The second-order valence-corrected chi connectivity index (χ2v) is 4.95. The summed E-state index contributed by atoms with van der Waals surface area (Å²) in [5.74, 6) is -0.232. The summed E-state index contributed by atoms with van der Waals surface area (Å²) in [6, 6.07) is 0. The summed E-state index contributed by atoms with van der Waals surface area (Å²) in [6.07, 6.45) is 10.1. The lowest BCUT2D eigenvalue weighted by atomic mass is 9.78. The van der Waals surface area contributed by atoms with Gasteiger partial charge < -0.3 is 5.32 Å². The molecule has 14 heavy (non-hydrogen) atoms. The summed E-state index contributed by atoms with van der Waals surface area (Å²) in [5.41, 5.74) is 0.155. The van der Waals surface area contributed by atoms with Gasteiger partial charge in [-0.15, -0.1) is 0 Å². The van der Waals surface area contributed by atoms with E-state index in [9.17, 15) is 0 Å². The van der Waals surface area contributed by atoms with E-state index in [1.165, 1.54) is 44.9 Å². The molecule has 1 N–H and O–H groups in total. The zero-order valence-corrected chi connectivity index (χ0v) is 8.68. The highest BCUT2D eigenvalue weighted by Gasteiger charge is 2.64. The van der Waals surface area contributed by atoms with Crippen molar-refractivity contribution in [1.82, 2.24) is 5.32 Å². The lowest BCUT2D eigenvalue weighted by Crippen LogP contribution is -2.58. The van der Waals surface area contributed by atoms with E-state index in [4.69, 9.17) is 9.78 Å². The van der Waals surface area contributed by atoms with E-state index in [1.807, 2.05) is 0 Å². The predicted molar refractivity (Wildman–Crippen MR) is 52.6 cm³/mol. The van der Waals surface area contributed by atoms with Crippen LogP contribution in [0.25, 0.3) is 0 Å². The van der Waals surface area contributed by atoms with Gasteiger partial charge in [0, 0.05) is 6.42 Å². The molecule has 1 atom stereocenters. The van der Waals surface area contributed by atoms with Gasteiger partial charge in [-0.2, -0.15) is 9.78 Å². The molecule has 0 aromatic carbocycles. The van der Waals surface area contributed by atoms with Crippen LogP contribution in [0.1, 0.15) is 51.4 Å². The van der Waals surface area contributed by atoms with Crippen LogP contribution in [0.2, 0.25) is 0 Å². The summed E-state index contributed by atoms with van der Waals surface area (Å²) < 4.78 is 0. The first-order valence-corrected chi connectivity index (χ1v) is 5.99. The molecule has 80 valence electrons. The molecule has 1 unspecified atom stereocenters. The molecule has 0 bridgehead atoms. The maximum atomic E-state index is 5.35. The van der Waals surface area contributed by atoms with Crippen LogP contribution in [0, 0.1) is 0 Å². The molecule has 0 radical (unpaired) electrons. The minimum atomic E-state index is -0.232. The second-order valence-electron chi connectivity index (χ2n) is 4.95. The van der Waals surface area contributed by atoms with Crippen molar-refractivity contribution in [3.05, 3.63) is 0 Å². The molecule has 1 saturated carbocycles. The van der Waals surface area contributed by atoms with Gasteiger partial charge in [-0.1, -0.05) is 19.3 Å².